The fourth-order valence-corrected chi connectivity index (χ4v) is 2.00. The maximum atomic E-state index is 11.5. The Labute approximate surface area is 118 Å². The summed E-state index contributed by atoms with van der Waals surface area (Å²) in [6.07, 6.45) is 4.66. The summed E-state index contributed by atoms with van der Waals surface area (Å²) in [6.45, 7) is 8.62. The summed E-state index contributed by atoms with van der Waals surface area (Å²) in [6, 6.07) is 0. The Kier molecular flexibility index (Phi) is 12.0. The van der Waals surface area contributed by atoms with E-state index in [2.05, 4.69) is 20.8 Å². The minimum Gasteiger partial charge on any atom is -0.463 e. The number of carbonyl (C=O) groups excluding carboxylic acids is 1. The molecule has 0 aromatic heterocycles. The summed E-state index contributed by atoms with van der Waals surface area (Å²) >= 11 is 0. The zero-order valence-corrected chi connectivity index (χ0v) is 12.8. The van der Waals surface area contributed by atoms with Crippen LogP contribution in [0.1, 0.15) is 52.9 Å². The molecule has 0 saturated carbocycles. The molecule has 4 nitrogen and oxygen atoms in total. The number of rotatable bonds is 12. The average Bonchev–Trinajstić information content (AvgIpc) is 2.35. The van der Waals surface area contributed by atoms with Crippen molar-refractivity contribution in [1.82, 2.24) is 0 Å². The first kappa shape index (κ1) is 18.4. The van der Waals surface area contributed by atoms with Crippen LogP contribution in [0.4, 0.5) is 0 Å². The van der Waals surface area contributed by atoms with Crippen molar-refractivity contribution in [2.45, 2.75) is 52.9 Å². The summed E-state index contributed by atoms with van der Waals surface area (Å²) in [5.41, 5.74) is 5.57. The predicted molar refractivity (Wildman–Crippen MR) is 77.9 cm³/mol. The van der Waals surface area contributed by atoms with E-state index in [0.29, 0.717) is 44.6 Å². The van der Waals surface area contributed by atoms with Gasteiger partial charge in [0, 0.05) is 13.0 Å². The van der Waals surface area contributed by atoms with Gasteiger partial charge in [0.15, 0.2) is 0 Å². The van der Waals surface area contributed by atoms with Crippen molar-refractivity contribution < 1.29 is 14.3 Å². The van der Waals surface area contributed by atoms with E-state index < -0.39 is 0 Å². The zero-order valence-electron chi connectivity index (χ0n) is 12.8. The van der Waals surface area contributed by atoms with Gasteiger partial charge >= 0.3 is 5.97 Å². The Hall–Kier alpha value is -0.610. The number of carbonyl (C=O) groups is 1. The van der Waals surface area contributed by atoms with Crippen molar-refractivity contribution in [2.24, 2.45) is 17.6 Å². The van der Waals surface area contributed by atoms with Gasteiger partial charge in [0.1, 0.15) is 6.61 Å². The van der Waals surface area contributed by atoms with Crippen LogP contribution in [0.25, 0.3) is 0 Å². The zero-order chi connectivity index (χ0) is 14.5. The van der Waals surface area contributed by atoms with Crippen LogP contribution in [0.3, 0.4) is 0 Å². The highest BCUT2D eigenvalue weighted by molar-refractivity contribution is 5.69. The average molecular weight is 273 g/mol. The molecule has 2 N–H and O–H groups in total. The summed E-state index contributed by atoms with van der Waals surface area (Å²) < 4.78 is 10.5. The molecule has 0 heterocycles. The highest BCUT2D eigenvalue weighted by atomic mass is 16.6. The first-order chi connectivity index (χ1) is 9.10. The summed E-state index contributed by atoms with van der Waals surface area (Å²) in [5, 5.41) is 0. The summed E-state index contributed by atoms with van der Waals surface area (Å²) in [4.78, 5) is 11.5. The largest absolute Gasteiger partial charge is 0.463 e. The molecule has 0 aliphatic heterocycles. The quantitative estimate of drug-likeness (QED) is 0.439. The molecule has 0 aliphatic carbocycles. The first-order valence-electron chi connectivity index (χ1n) is 7.53. The molecule has 0 aliphatic rings. The molecule has 0 spiro atoms. The third-order valence-electron chi connectivity index (χ3n) is 2.97. The molecule has 0 rings (SSSR count). The fourth-order valence-electron chi connectivity index (χ4n) is 2.00. The van der Waals surface area contributed by atoms with E-state index in [-0.39, 0.29) is 5.97 Å². The van der Waals surface area contributed by atoms with Gasteiger partial charge in [-0.05, 0) is 31.2 Å². The van der Waals surface area contributed by atoms with E-state index in [0.717, 1.165) is 25.7 Å². The highest BCUT2D eigenvalue weighted by Gasteiger charge is 2.10. The SMILES string of the molecule is CCCC(CCN)CCC(=O)OCCOCC(C)C. The lowest BCUT2D eigenvalue weighted by Gasteiger charge is -2.14. The topological polar surface area (TPSA) is 61.6 Å². The second-order valence-electron chi connectivity index (χ2n) is 5.46. The third kappa shape index (κ3) is 12.2. The standard InChI is InChI=1S/C15H31NO3/c1-4-5-14(8-9-16)6-7-15(17)19-11-10-18-12-13(2)3/h13-14H,4-12,16H2,1-3H3. The van der Waals surface area contributed by atoms with E-state index in [1.807, 2.05) is 0 Å². The van der Waals surface area contributed by atoms with Crippen molar-refractivity contribution in [1.29, 1.82) is 0 Å². The van der Waals surface area contributed by atoms with Gasteiger partial charge in [0.25, 0.3) is 0 Å². The van der Waals surface area contributed by atoms with E-state index in [9.17, 15) is 4.79 Å². The molecule has 0 amide bonds. The van der Waals surface area contributed by atoms with Crippen molar-refractivity contribution in [3.05, 3.63) is 0 Å². The van der Waals surface area contributed by atoms with Crippen LogP contribution in [0.15, 0.2) is 0 Å². The molecule has 4 heteroatoms. The molecular weight excluding hydrogens is 242 g/mol. The minimum absolute atomic E-state index is 0.119. The lowest BCUT2D eigenvalue weighted by Crippen LogP contribution is -2.15. The monoisotopic (exact) mass is 273 g/mol. The van der Waals surface area contributed by atoms with Crippen LogP contribution < -0.4 is 5.73 Å². The highest BCUT2D eigenvalue weighted by Crippen LogP contribution is 2.17. The van der Waals surface area contributed by atoms with Gasteiger partial charge in [0.05, 0.1) is 6.61 Å². The maximum Gasteiger partial charge on any atom is 0.305 e. The molecule has 1 atom stereocenters. The Morgan fingerprint density at radius 3 is 2.47 bits per heavy atom. The summed E-state index contributed by atoms with van der Waals surface area (Å²) in [5.74, 6) is 0.952. The third-order valence-corrected chi connectivity index (χ3v) is 2.97. The molecule has 0 aromatic rings. The van der Waals surface area contributed by atoms with Gasteiger partial charge in [0.2, 0.25) is 0 Å². The lowest BCUT2D eigenvalue weighted by atomic mass is 9.95. The van der Waals surface area contributed by atoms with Gasteiger partial charge in [-0.2, -0.15) is 0 Å². The molecule has 0 aromatic carbocycles. The molecule has 1 unspecified atom stereocenters. The molecule has 19 heavy (non-hydrogen) atoms. The maximum absolute atomic E-state index is 11.5. The van der Waals surface area contributed by atoms with Gasteiger partial charge in [-0.15, -0.1) is 0 Å². The number of hydrogen-bond acceptors (Lipinski definition) is 4. The second kappa shape index (κ2) is 12.4. The number of hydrogen-bond donors (Lipinski definition) is 1. The van der Waals surface area contributed by atoms with E-state index in [1.165, 1.54) is 0 Å². The Balaban J connectivity index is 3.56. The van der Waals surface area contributed by atoms with E-state index >= 15 is 0 Å². The van der Waals surface area contributed by atoms with E-state index in [4.69, 9.17) is 15.2 Å². The van der Waals surface area contributed by atoms with Gasteiger partial charge in [-0.1, -0.05) is 33.6 Å². The Morgan fingerprint density at radius 1 is 1.16 bits per heavy atom. The normalized spacial score (nSPS) is 12.7. The minimum atomic E-state index is -0.119. The second-order valence-corrected chi connectivity index (χ2v) is 5.46. The van der Waals surface area contributed by atoms with Crippen LogP contribution in [0, 0.1) is 11.8 Å². The van der Waals surface area contributed by atoms with Crippen LogP contribution in [-0.2, 0) is 14.3 Å². The molecule has 0 saturated heterocycles. The van der Waals surface area contributed by atoms with Crippen molar-refractivity contribution in [2.75, 3.05) is 26.4 Å². The molecule has 0 fully saturated rings. The number of nitrogens with two attached hydrogens (primary N) is 1. The van der Waals surface area contributed by atoms with Crippen molar-refractivity contribution in [3.8, 4) is 0 Å². The lowest BCUT2D eigenvalue weighted by molar-refractivity contribution is -0.145. The van der Waals surface area contributed by atoms with Crippen LogP contribution in [0.5, 0.6) is 0 Å². The molecule has 0 radical (unpaired) electrons. The van der Waals surface area contributed by atoms with Crippen molar-refractivity contribution >= 4 is 5.97 Å². The van der Waals surface area contributed by atoms with Gasteiger partial charge in [-0.25, -0.2) is 0 Å². The Bertz CT molecular complexity index is 213. The van der Waals surface area contributed by atoms with Crippen molar-refractivity contribution in [3.63, 3.8) is 0 Å². The molecular formula is C15H31NO3. The van der Waals surface area contributed by atoms with E-state index in [1.54, 1.807) is 0 Å². The van der Waals surface area contributed by atoms with Crippen LogP contribution in [0.2, 0.25) is 0 Å². The Morgan fingerprint density at radius 2 is 1.89 bits per heavy atom. The van der Waals surface area contributed by atoms with Gasteiger partial charge < -0.3 is 15.2 Å². The summed E-state index contributed by atoms with van der Waals surface area (Å²) in [7, 11) is 0. The first-order valence-corrected chi connectivity index (χ1v) is 7.53. The predicted octanol–water partition coefficient (Wildman–Crippen LogP) is 2.75. The van der Waals surface area contributed by atoms with Crippen LogP contribution in [-0.4, -0.2) is 32.3 Å². The number of esters is 1. The fraction of sp³-hybridized carbons (Fsp3) is 0.933. The number of ether oxygens (including phenoxy) is 2. The molecule has 0 bridgehead atoms. The van der Waals surface area contributed by atoms with Crippen LogP contribution >= 0.6 is 0 Å². The van der Waals surface area contributed by atoms with Gasteiger partial charge in [-0.3, -0.25) is 4.79 Å². The smallest absolute Gasteiger partial charge is 0.305 e. The molecule has 114 valence electrons.